The van der Waals surface area contributed by atoms with Gasteiger partial charge in [-0.1, -0.05) is 12.0 Å². The largest absolute Gasteiger partial charge is 0.508 e. The number of hydrogen-bond acceptors (Lipinski definition) is 8. The van der Waals surface area contributed by atoms with Crippen molar-refractivity contribution in [2.24, 2.45) is 0 Å². The lowest BCUT2D eigenvalue weighted by Crippen LogP contribution is -2.43. The van der Waals surface area contributed by atoms with Crippen LogP contribution in [0.15, 0.2) is 30.5 Å². The van der Waals surface area contributed by atoms with E-state index in [1.54, 1.807) is 11.9 Å². The number of nitriles is 1. The van der Waals surface area contributed by atoms with Crippen LogP contribution in [0.1, 0.15) is 37.7 Å². The van der Waals surface area contributed by atoms with Crippen molar-refractivity contribution < 1.29 is 23.0 Å². The highest BCUT2D eigenvalue weighted by Gasteiger charge is 2.50. The molecule has 0 bridgehead atoms. The van der Waals surface area contributed by atoms with Crippen molar-refractivity contribution in [2.75, 3.05) is 31.6 Å². The third-order valence-electron chi connectivity index (χ3n) is 9.22. The van der Waals surface area contributed by atoms with Gasteiger partial charge in [0.25, 0.3) is 0 Å². The van der Waals surface area contributed by atoms with Crippen LogP contribution in [0.4, 0.5) is 19.0 Å². The summed E-state index contributed by atoms with van der Waals surface area (Å²) in [6.07, 6.45) is 9.33. The van der Waals surface area contributed by atoms with Crippen molar-refractivity contribution >= 4 is 27.5 Å². The zero-order chi connectivity index (χ0) is 30.1. The van der Waals surface area contributed by atoms with Gasteiger partial charge in [0.2, 0.25) is 0 Å². The number of anilines is 1. The Hall–Kier alpha value is -4.61. The maximum Gasteiger partial charge on any atom is 0.319 e. The minimum atomic E-state index is -0.950. The third-order valence-corrected chi connectivity index (χ3v) is 9.22. The molecule has 0 radical (unpaired) electrons. The van der Waals surface area contributed by atoms with Gasteiger partial charge in [0.05, 0.1) is 22.6 Å². The van der Waals surface area contributed by atoms with E-state index < -0.39 is 28.9 Å². The van der Waals surface area contributed by atoms with Crippen molar-refractivity contribution in [1.29, 1.82) is 5.26 Å². The fourth-order valence-corrected chi connectivity index (χ4v) is 6.77. The van der Waals surface area contributed by atoms with E-state index in [-0.39, 0.29) is 57.3 Å². The quantitative estimate of drug-likeness (QED) is 0.307. The molecule has 1 saturated carbocycles. The molecule has 43 heavy (non-hydrogen) atoms. The summed E-state index contributed by atoms with van der Waals surface area (Å²) in [5, 5.41) is 21.2. The maximum absolute atomic E-state index is 16.6. The van der Waals surface area contributed by atoms with E-state index in [4.69, 9.17) is 11.2 Å². The fraction of sp³-hybridized carbons (Fsp3) is 0.375. The van der Waals surface area contributed by atoms with E-state index in [0.29, 0.717) is 31.2 Å². The summed E-state index contributed by atoms with van der Waals surface area (Å²) in [6.45, 7) is 1.26. The summed E-state index contributed by atoms with van der Waals surface area (Å²) in [5.41, 5.74) is -1.61. The van der Waals surface area contributed by atoms with E-state index in [1.165, 1.54) is 30.5 Å². The molecule has 4 heterocycles. The number of aromatic nitrogens is 3. The van der Waals surface area contributed by atoms with Crippen LogP contribution >= 0.6 is 0 Å². The number of ether oxygens (including phenoxy) is 1. The topological polar surface area (TPSA) is 98.4 Å². The van der Waals surface area contributed by atoms with E-state index >= 15 is 4.39 Å². The van der Waals surface area contributed by atoms with Crippen molar-refractivity contribution in [2.45, 2.75) is 49.4 Å². The minimum absolute atomic E-state index is 0.0891. The predicted molar refractivity (Wildman–Crippen MR) is 154 cm³/mol. The van der Waals surface area contributed by atoms with Crippen molar-refractivity contribution in [1.82, 2.24) is 19.9 Å². The Morgan fingerprint density at radius 2 is 2.05 bits per heavy atom. The van der Waals surface area contributed by atoms with Crippen molar-refractivity contribution in [3.63, 3.8) is 0 Å². The van der Waals surface area contributed by atoms with Gasteiger partial charge in [-0.15, -0.1) is 6.42 Å². The number of phenols is 1. The number of alkyl halides is 1. The highest BCUT2D eigenvalue weighted by atomic mass is 19.1. The van der Waals surface area contributed by atoms with Crippen LogP contribution in [0.5, 0.6) is 11.8 Å². The number of nitrogens with zero attached hydrogens (tertiary/aromatic N) is 6. The monoisotopic (exact) mass is 584 g/mol. The highest BCUT2D eigenvalue weighted by Crippen LogP contribution is 2.45. The maximum atomic E-state index is 16.6. The molecular formula is C32H27F3N6O2. The normalized spacial score (nSPS) is 22.3. The van der Waals surface area contributed by atoms with Crippen molar-refractivity contribution in [3.8, 4) is 41.4 Å². The lowest BCUT2D eigenvalue weighted by Gasteiger charge is -2.31. The summed E-state index contributed by atoms with van der Waals surface area (Å²) in [6, 6.07) is 7.53. The summed E-state index contributed by atoms with van der Waals surface area (Å²) in [4.78, 5) is 17.2. The van der Waals surface area contributed by atoms with Gasteiger partial charge in [-0.3, -0.25) is 9.88 Å². The van der Waals surface area contributed by atoms with Crippen LogP contribution in [0.3, 0.4) is 0 Å². The van der Waals surface area contributed by atoms with Gasteiger partial charge >= 0.3 is 6.01 Å². The van der Waals surface area contributed by atoms with Gasteiger partial charge in [-0.2, -0.15) is 15.2 Å². The summed E-state index contributed by atoms with van der Waals surface area (Å²) >= 11 is 0. The number of fused-ring (bicyclic) bond motifs is 3. The molecule has 2 aromatic carbocycles. The molecule has 218 valence electrons. The number of aromatic hydroxyl groups is 1. The number of benzene rings is 2. The standard InChI is InChI=1S/C32H27F3N6O2/c1-3-21-24(34)6-5-18-11-20(42)12-22(25(18)21)27-26(35)28-23(14-37-27)29(40(2)31(16-36)8-9-31)39-30(38-28)43-17-32-7-4-10-41(32)15-19(33)13-32/h1,5-6,11-12,14,19,42H,4,7-10,13,15,17H2,2H3/t19-,32+/m1/s1. The first-order valence-electron chi connectivity index (χ1n) is 14.1. The van der Waals surface area contributed by atoms with E-state index in [0.717, 1.165) is 19.4 Å². The van der Waals surface area contributed by atoms with E-state index in [2.05, 4.69) is 31.8 Å². The Bertz CT molecular complexity index is 1900. The Balaban J connectivity index is 1.40. The third kappa shape index (κ3) is 4.22. The molecular weight excluding hydrogens is 557 g/mol. The predicted octanol–water partition coefficient (Wildman–Crippen LogP) is 5.26. The molecule has 0 amide bonds. The second kappa shape index (κ2) is 9.72. The SMILES string of the molecule is C#Cc1c(F)ccc2cc(O)cc(-c3ncc4c(N(C)C5(C#N)CC5)nc(OC[C@@]56CCCN5C[C@H](F)C6)nc4c3F)c12. The van der Waals surface area contributed by atoms with Crippen LogP contribution in [0.25, 0.3) is 32.9 Å². The molecule has 0 unspecified atom stereocenters. The number of pyridine rings is 1. The second-order valence-corrected chi connectivity index (χ2v) is 11.7. The first-order chi connectivity index (χ1) is 20.7. The molecule has 0 spiro atoms. The lowest BCUT2D eigenvalue weighted by molar-refractivity contribution is 0.107. The van der Waals surface area contributed by atoms with Crippen LogP contribution in [0, 0.1) is 35.3 Å². The van der Waals surface area contributed by atoms with Crippen LogP contribution in [0.2, 0.25) is 0 Å². The van der Waals surface area contributed by atoms with Gasteiger partial charge in [0.15, 0.2) is 5.82 Å². The van der Waals surface area contributed by atoms with Gasteiger partial charge in [0, 0.05) is 37.2 Å². The first kappa shape index (κ1) is 27.2. The second-order valence-electron chi connectivity index (χ2n) is 11.7. The van der Waals surface area contributed by atoms with E-state index in [1.807, 2.05) is 0 Å². The fourth-order valence-electron chi connectivity index (χ4n) is 6.77. The zero-order valence-electron chi connectivity index (χ0n) is 23.4. The van der Waals surface area contributed by atoms with Crippen molar-refractivity contribution in [3.05, 3.63) is 47.7 Å². The molecule has 4 aromatic rings. The lowest BCUT2D eigenvalue weighted by atomic mass is 9.95. The molecule has 2 atom stereocenters. The molecule has 2 saturated heterocycles. The van der Waals surface area contributed by atoms with Crippen LogP contribution < -0.4 is 9.64 Å². The Morgan fingerprint density at radius 1 is 1.23 bits per heavy atom. The Kier molecular flexibility index (Phi) is 6.15. The molecule has 8 nitrogen and oxygen atoms in total. The summed E-state index contributed by atoms with van der Waals surface area (Å²) in [7, 11) is 1.71. The zero-order valence-corrected chi connectivity index (χ0v) is 23.4. The van der Waals surface area contributed by atoms with E-state index in [9.17, 15) is 19.1 Å². The van der Waals surface area contributed by atoms with Gasteiger partial charge < -0.3 is 14.7 Å². The molecule has 2 aliphatic heterocycles. The number of terminal acetylenes is 1. The Morgan fingerprint density at radius 3 is 2.79 bits per heavy atom. The molecule has 7 rings (SSSR count). The number of halogens is 3. The molecule has 1 N–H and O–H groups in total. The molecule has 1 aliphatic carbocycles. The van der Waals surface area contributed by atoms with Gasteiger partial charge in [-0.05, 0) is 55.8 Å². The summed E-state index contributed by atoms with van der Waals surface area (Å²) < 4.78 is 51.8. The highest BCUT2D eigenvalue weighted by molar-refractivity contribution is 6.03. The van der Waals surface area contributed by atoms with Crippen LogP contribution in [-0.2, 0) is 0 Å². The van der Waals surface area contributed by atoms with Gasteiger partial charge in [-0.25, -0.2) is 13.2 Å². The number of rotatable bonds is 6. The molecule has 2 aromatic heterocycles. The molecule has 3 aliphatic rings. The average Bonchev–Trinajstić information content (AvgIpc) is 3.61. The Labute approximate surface area is 245 Å². The van der Waals surface area contributed by atoms with Gasteiger partial charge in [0.1, 0.15) is 46.9 Å². The first-order valence-corrected chi connectivity index (χ1v) is 14.1. The summed E-state index contributed by atoms with van der Waals surface area (Å²) in [5.74, 6) is 0.893. The molecule has 11 heteroatoms. The minimum Gasteiger partial charge on any atom is -0.508 e. The number of phenolic OH excluding ortho intramolecular Hbond substituents is 1. The molecule has 3 fully saturated rings. The average molecular weight is 585 g/mol. The number of hydrogen-bond donors (Lipinski definition) is 1. The smallest absolute Gasteiger partial charge is 0.319 e. The van der Waals surface area contributed by atoms with Crippen LogP contribution in [-0.4, -0.2) is 69.0 Å².